The molecule has 0 rings (SSSR count). The Balaban J connectivity index is -0.0000000917. The summed E-state index contributed by atoms with van der Waals surface area (Å²) in [6.45, 7) is 10.7. The Labute approximate surface area is 138 Å². The van der Waals surface area contributed by atoms with Gasteiger partial charge in [0.1, 0.15) is 0 Å². The fourth-order valence-electron chi connectivity index (χ4n) is 0.590. The van der Waals surface area contributed by atoms with Gasteiger partial charge in [0.2, 0.25) is 0 Å². The summed E-state index contributed by atoms with van der Waals surface area (Å²) in [6, 6.07) is 0. The molecule has 4 N–H and O–H groups in total. The Kier molecular flexibility index (Phi) is 39.9. The van der Waals surface area contributed by atoms with Crippen molar-refractivity contribution in [2.75, 3.05) is 6.61 Å². The summed E-state index contributed by atoms with van der Waals surface area (Å²) in [5, 5.41) is 32.5. The van der Waals surface area contributed by atoms with Crippen molar-refractivity contribution < 1.29 is 40.9 Å². The first kappa shape index (κ1) is 28.7. The van der Waals surface area contributed by atoms with Gasteiger partial charge >= 0.3 is 62.6 Å². The van der Waals surface area contributed by atoms with Crippen LogP contribution in [-0.2, 0) is 20.4 Å². The molecule has 0 saturated heterocycles. The zero-order valence-electron chi connectivity index (χ0n) is 14.3. The molecule has 0 atom stereocenters. The maximum atomic E-state index is 8.37. The Morgan fingerprint density at radius 1 is 0.650 bits per heavy atom. The molecule has 4 nitrogen and oxygen atoms in total. The summed E-state index contributed by atoms with van der Waals surface area (Å²) >= 11 is 2.19. The summed E-state index contributed by atoms with van der Waals surface area (Å²) in [5.74, 6) is 0. The SMILES string of the molecule is CC(C)O.CC(C)O.CC(C)O.OCCCCC[CH2][Ti]. The average Bonchev–Trinajstić information content (AvgIpc) is 2.22. The number of aliphatic hydroxyl groups is 4. The van der Waals surface area contributed by atoms with Crippen LogP contribution in [0.5, 0.6) is 0 Å². The van der Waals surface area contributed by atoms with E-state index in [9.17, 15) is 0 Å². The van der Waals surface area contributed by atoms with E-state index in [0.29, 0.717) is 6.61 Å². The van der Waals surface area contributed by atoms with Crippen LogP contribution in [0.4, 0.5) is 0 Å². The van der Waals surface area contributed by atoms with Gasteiger partial charge < -0.3 is 15.3 Å². The van der Waals surface area contributed by atoms with E-state index in [-0.39, 0.29) is 18.3 Å². The van der Waals surface area contributed by atoms with Crippen LogP contribution in [0.1, 0.15) is 67.2 Å². The Morgan fingerprint density at radius 3 is 1.10 bits per heavy atom. The quantitative estimate of drug-likeness (QED) is 0.462. The van der Waals surface area contributed by atoms with Crippen molar-refractivity contribution in [2.45, 2.75) is 90.3 Å². The van der Waals surface area contributed by atoms with E-state index in [1.807, 2.05) is 0 Å². The second kappa shape index (κ2) is 27.8. The first-order valence-corrected chi connectivity index (χ1v) is 8.51. The minimum absolute atomic E-state index is 0.167. The molecule has 0 fully saturated rings. The summed E-state index contributed by atoms with van der Waals surface area (Å²) < 4.78 is 1.28. The molecule has 0 spiro atoms. The van der Waals surface area contributed by atoms with Gasteiger partial charge in [-0.25, -0.2) is 0 Å². The van der Waals surface area contributed by atoms with Gasteiger partial charge in [0.25, 0.3) is 0 Å². The second-order valence-electron chi connectivity index (χ2n) is 5.17. The van der Waals surface area contributed by atoms with E-state index in [1.165, 1.54) is 24.0 Å². The van der Waals surface area contributed by atoms with E-state index < -0.39 is 0 Å². The molecule has 125 valence electrons. The number of aliphatic hydroxyl groups excluding tert-OH is 4. The molecular formula is C15H37O4Ti. The number of rotatable bonds is 5. The molecule has 5 heteroatoms. The molecule has 0 aliphatic rings. The van der Waals surface area contributed by atoms with Crippen LogP contribution in [0.25, 0.3) is 0 Å². The topological polar surface area (TPSA) is 80.9 Å². The maximum absolute atomic E-state index is 8.37. The zero-order valence-corrected chi connectivity index (χ0v) is 15.8. The van der Waals surface area contributed by atoms with Crippen LogP contribution in [-0.4, -0.2) is 45.3 Å². The third-order valence-electron chi connectivity index (χ3n) is 1.08. The molecule has 0 amide bonds. The predicted octanol–water partition coefficient (Wildman–Crippen LogP) is 2.67. The molecule has 0 unspecified atom stereocenters. The molecule has 0 aliphatic heterocycles. The van der Waals surface area contributed by atoms with Gasteiger partial charge in [0.15, 0.2) is 0 Å². The second-order valence-corrected chi connectivity index (χ2v) is 5.95. The van der Waals surface area contributed by atoms with Gasteiger partial charge in [-0.05, 0) is 41.5 Å². The average molecular weight is 329 g/mol. The molecule has 0 aliphatic carbocycles. The molecule has 20 heavy (non-hydrogen) atoms. The van der Waals surface area contributed by atoms with Crippen LogP contribution in [0, 0.1) is 0 Å². The third kappa shape index (κ3) is 185. The van der Waals surface area contributed by atoms with Gasteiger partial charge in [-0.2, -0.15) is 0 Å². The van der Waals surface area contributed by atoms with Crippen LogP contribution in [0.3, 0.4) is 0 Å². The van der Waals surface area contributed by atoms with E-state index >= 15 is 0 Å². The third-order valence-corrected chi connectivity index (χ3v) is 1.64. The standard InChI is InChI=1S/C6H13O.3C3H8O.Ti/c1-2-3-4-5-6-7;3*1-3(2)4;/h7H,1-6H2;3*3-4H,1-2H3;. The van der Waals surface area contributed by atoms with Crippen LogP contribution in [0.15, 0.2) is 0 Å². The predicted molar refractivity (Wildman–Crippen MR) is 82.4 cm³/mol. The Hall–Kier alpha value is 0.554. The molecule has 0 saturated carbocycles. The van der Waals surface area contributed by atoms with Crippen LogP contribution >= 0.6 is 0 Å². The first-order valence-electron chi connectivity index (χ1n) is 7.41. The molecule has 0 radical (unpaired) electrons. The summed E-state index contributed by atoms with van der Waals surface area (Å²) in [5.41, 5.74) is 0. The minimum atomic E-state index is -0.167. The van der Waals surface area contributed by atoms with Crippen molar-refractivity contribution in [3.63, 3.8) is 0 Å². The normalized spacial score (nSPS) is 9.20. The van der Waals surface area contributed by atoms with Crippen molar-refractivity contribution in [1.29, 1.82) is 0 Å². The monoisotopic (exact) mass is 329 g/mol. The van der Waals surface area contributed by atoms with E-state index in [1.54, 1.807) is 41.5 Å². The van der Waals surface area contributed by atoms with Crippen molar-refractivity contribution in [3.05, 3.63) is 0 Å². The van der Waals surface area contributed by atoms with Crippen molar-refractivity contribution >= 4 is 0 Å². The van der Waals surface area contributed by atoms with Crippen LogP contribution in [0.2, 0.25) is 4.73 Å². The number of unbranched alkanes of at least 4 members (excludes halogenated alkanes) is 3. The van der Waals surface area contributed by atoms with Gasteiger partial charge in [-0.15, -0.1) is 0 Å². The summed E-state index contributed by atoms with van der Waals surface area (Å²) in [7, 11) is 0. The van der Waals surface area contributed by atoms with E-state index in [0.717, 1.165) is 6.42 Å². The van der Waals surface area contributed by atoms with Gasteiger partial charge in [0, 0.05) is 18.3 Å². The van der Waals surface area contributed by atoms with Gasteiger partial charge in [-0.1, -0.05) is 0 Å². The number of hydrogen-bond donors (Lipinski definition) is 4. The Morgan fingerprint density at radius 2 is 0.900 bits per heavy atom. The first-order chi connectivity index (χ1) is 9.11. The zero-order chi connectivity index (χ0) is 17.0. The fraction of sp³-hybridized carbons (Fsp3) is 1.00. The van der Waals surface area contributed by atoms with Crippen LogP contribution < -0.4 is 0 Å². The fourth-order valence-corrected chi connectivity index (χ4v) is 0.981. The Bertz CT molecular complexity index is 103. The van der Waals surface area contributed by atoms with Crippen molar-refractivity contribution in [3.8, 4) is 0 Å². The van der Waals surface area contributed by atoms with E-state index in [2.05, 4.69) is 20.4 Å². The summed E-state index contributed by atoms with van der Waals surface area (Å²) in [6.07, 6.45) is 4.29. The van der Waals surface area contributed by atoms with Crippen molar-refractivity contribution in [1.82, 2.24) is 0 Å². The number of hydrogen-bond acceptors (Lipinski definition) is 4. The molecule has 0 aromatic carbocycles. The summed E-state index contributed by atoms with van der Waals surface area (Å²) in [4.78, 5) is 0. The molecule has 0 aromatic heterocycles. The molecule has 0 heterocycles. The molecule has 0 bridgehead atoms. The van der Waals surface area contributed by atoms with Gasteiger partial charge in [0.05, 0.1) is 0 Å². The van der Waals surface area contributed by atoms with Gasteiger partial charge in [-0.3, -0.25) is 0 Å². The van der Waals surface area contributed by atoms with E-state index in [4.69, 9.17) is 20.4 Å². The molecule has 0 aromatic rings. The van der Waals surface area contributed by atoms with Crippen molar-refractivity contribution in [2.24, 2.45) is 0 Å². The molecular weight excluding hydrogens is 292 g/mol.